The summed E-state index contributed by atoms with van der Waals surface area (Å²) in [5.74, 6) is 1.19. The van der Waals surface area contributed by atoms with Gasteiger partial charge in [0.2, 0.25) is 11.2 Å². The van der Waals surface area contributed by atoms with Crippen LogP contribution in [0.5, 0.6) is 23.0 Å². The molecule has 0 unspecified atom stereocenters. The zero-order valence-corrected chi connectivity index (χ0v) is 26.8. The molecule has 2 aliphatic rings. The highest BCUT2D eigenvalue weighted by Crippen LogP contribution is 2.35. The second-order valence-electron chi connectivity index (χ2n) is 11.8. The Bertz CT molecular complexity index is 1730. The zero-order chi connectivity index (χ0) is 32.8. The monoisotopic (exact) mass is 640 g/mol. The van der Waals surface area contributed by atoms with Crippen LogP contribution < -0.4 is 24.5 Å². The molecular weight excluding hydrogens is 600 g/mol. The van der Waals surface area contributed by atoms with E-state index in [0.29, 0.717) is 30.2 Å². The number of carbonyl (C=O) groups excluding carboxylic acids is 1. The summed E-state index contributed by atoms with van der Waals surface area (Å²) in [5, 5.41) is 10.9. The molecule has 1 fully saturated rings. The van der Waals surface area contributed by atoms with E-state index in [4.69, 9.17) is 23.4 Å². The number of piperazine rings is 1. The van der Waals surface area contributed by atoms with Gasteiger partial charge in [0.05, 0.1) is 46.3 Å². The largest absolute Gasteiger partial charge is 0.502 e. The van der Waals surface area contributed by atoms with Crippen LogP contribution in [-0.2, 0) is 28.9 Å². The molecule has 10 heteroatoms. The number of rotatable bonds is 12. The number of benzene rings is 3. The van der Waals surface area contributed by atoms with E-state index in [2.05, 4.69) is 21.9 Å². The molecule has 3 aromatic carbocycles. The van der Waals surface area contributed by atoms with Crippen molar-refractivity contribution in [1.29, 1.82) is 0 Å². The minimum atomic E-state index is -0.732. The molecule has 0 bridgehead atoms. The van der Waals surface area contributed by atoms with Crippen LogP contribution in [0, 0.1) is 0 Å². The van der Waals surface area contributed by atoms with Crippen molar-refractivity contribution in [3.8, 4) is 23.0 Å². The first-order valence-corrected chi connectivity index (χ1v) is 15.9. The Morgan fingerprint density at radius 3 is 2.40 bits per heavy atom. The molecule has 1 atom stereocenters. The van der Waals surface area contributed by atoms with E-state index in [0.717, 1.165) is 62.8 Å². The highest BCUT2D eigenvalue weighted by Gasteiger charge is 2.27. The molecule has 1 saturated heterocycles. The second kappa shape index (κ2) is 14.6. The molecule has 1 aromatic heterocycles. The second-order valence-corrected chi connectivity index (χ2v) is 11.8. The van der Waals surface area contributed by atoms with Crippen LogP contribution in [0.1, 0.15) is 40.5 Å². The Morgan fingerprint density at radius 1 is 0.936 bits per heavy atom. The first-order valence-electron chi connectivity index (χ1n) is 15.9. The van der Waals surface area contributed by atoms with Crippen molar-refractivity contribution in [2.24, 2.45) is 0 Å². The maximum atomic E-state index is 12.9. The third-order valence-corrected chi connectivity index (χ3v) is 8.80. The fourth-order valence-corrected chi connectivity index (χ4v) is 6.14. The molecule has 0 radical (unpaired) electrons. The van der Waals surface area contributed by atoms with Crippen LogP contribution in [0.3, 0.4) is 0 Å². The smallest absolute Gasteiger partial charge is 0.306 e. The van der Waals surface area contributed by atoms with Gasteiger partial charge >= 0.3 is 5.97 Å². The Kier molecular flexibility index (Phi) is 9.97. The summed E-state index contributed by atoms with van der Waals surface area (Å²) in [6, 6.07) is 22.8. The predicted octanol–water partition coefficient (Wildman–Crippen LogP) is 4.93. The molecule has 4 aromatic rings. The molecule has 2 aliphatic heterocycles. The number of fused-ring (bicyclic) bond motifs is 1. The number of hydrogen-bond donors (Lipinski definition) is 1. The summed E-state index contributed by atoms with van der Waals surface area (Å²) < 4.78 is 28.0. The molecule has 1 N–H and O–H groups in total. The Labute approximate surface area is 274 Å². The Hall–Kier alpha value is -4.96. The maximum Gasteiger partial charge on any atom is 0.306 e. The minimum absolute atomic E-state index is 0.0454. The molecule has 0 aliphatic carbocycles. The van der Waals surface area contributed by atoms with Crippen LogP contribution >= 0.6 is 0 Å². The van der Waals surface area contributed by atoms with Gasteiger partial charge in [0.25, 0.3) is 0 Å². The number of hydrogen-bond acceptors (Lipinski definition) is 10. The van der Waals surface area contributed by atoms with E-state index < -0.39 is 23.1 Å². The highest BCUT2D eigenvalue weighted by molar-refractivity contribution is 5.71. The molecule has 3 heterocycles. The van der Waals surface area contributed by atoms with E-state index in [-0.39, 0.29) is 12.2 Å². The van der Waals surface area contributed by atoms with Gasteiger partial charge in [-0.3, -0.25) is 14.5 Å². The lowest BCUT2D eigenvalue weighted by Crippen LogP contribution is -2.46. The summed E-state index contributed by atoms with van der Waals surface area (Å²) >= 11 is 0. The molecule has 0 saturated carbocycles. The lowest BCUT2D eigenvalue weighted by atomic mass is 9.92. The van der Waals surface area contributed by atoms with Crippen LogP contribution in [0.2, 0.25) is 0 Å². The summed E-state index contributed by atoms with van der Waals surface area (Å²) in [7, 11) is 2.96. The van der Waals surface area contributed by atoms with Crippen molar-refractivity contribution < 1.29 is 33.3 Å². The van der Waals surface area contributed by atoms with Gasteiger partial charge in [-0.2, -0.15) is 0 Å². The van der Waals surface area contributed by atoms with Gasteiger partial charge in [0.1, 0.15) is 23.0 Å². The van der Waals surface area contributed by atoms with Crippen LogP contribution in [0.25, 0.3) is 0 Å². The lowest BCUT2D eigenvalue weighted by Gasteiger charge is -2.36. The molecule has 10 nitrogen and oxygen atoms in total. The van der Waals surface area contributed by atoms with Gasteiger partial charge in [-0.05, 0) is 59.2 Å². The third-order valence-electron chi connectivity index (χ3n) is 8.80. The quantitative estimate of drug-likeness (QED) is 0.214. The van der Waals surface area contributed by atoms with Crippen LogP contribution in [0.15, 0.2) is 82.0 Å². The maximum absolute atomic E-state index is 12.9. The predicted molar refractivity (Wildman–Crippen MR) is 177 cm³/mol. The minimum Gasteiger partial charge on any atom is -0.502 e. The summed E-state index contributed by atoms with van der Waals surface area (Å²) in [6.45, 7) is 4.77. The van der Waals surface area contributed by atoms with Gasteiger partial charge in [-0.25, -0.2) is 0 Å². The lowest BCUT2D eigenvalue weighted by molar-refractivity contribution is -0.140. The van der Waals surface area contributed by atoms with Crippen molar-refractivity contribution >= 4 is 11.7 Å². The molecular formula is C37H40N2O8. The average molecular weight is 641 g/mol. The van der Waals surface area contributed by atoms with Crippen molar-refractivity contribution in [2.45, 2.75) is 31.7 Å². The van der Waals surface area contributed by atoms with E-state index in [9.17, 15) is 14.7 Å². The third kappa shape index (κ3) is 7.72. The number of methoxy groups -OCH3 is 2. The molecule has 47 heavy (non-hydrogen) atoms. The van der Waals surface area contributed by atoms with E-state index >= 15 is 0 Å². The summed E-state index contributed by atoms with van der Waals surface area (Å²) in [6.07, 6.45) is 1.57. The fourth-order valence-electron chi connectivity index (χ4n) is 6.14. The number of esters is 1. The fraction of sp³-hybridized carbons (Fsp3) is 0.351. The Morgan fingerprint density at radius 2 is 1.68 bits per heavy atom. The number of nitrogens with zero attached hydrogens (tertiary/aromatic N) is 2. The van der Waals surface area contributed by atoms with Crippen LogP contribution in [-0.4, -0.2) is 69.6 Å². The van der Waals surface area contributed by atoms with Gasteiger partial charge < -0.3 is 33.4 Å². The van der Waals surface area contributed by atoms with E-state index in [1.165, 1.54) is 24.3 Å². The molecule has 0 amide bonds. The van der Waals surface area contributed by atoms with E-state index in [1.54, 1.807) is 7.11 Å². The van der Waals surface area contributed by atoms with Crippen molar-refractivity contribution in [1.82, 2.24) is 4.90 Å². The standard InChI is InChI=1S/C37H40N2O8/c1-43-29-10-6-28(7-11-29)39-17-15-38(16-18-39)24-31-22-33(40)36(42)37(47-31)32(23-35(41)44-2)26-4-8-30(9-5-26)45-19-13-25-3-12-34-27(21-25)14-20-46-34/h3-12,21-22,32,42H,13-20,23-24H2,1-2H3/t32-/m0/s1. The molecule has 246 valence electrons. The molecule has 0 spiro atoms. The topological polar surface area (TPSA) is 111 Å². The zero-order valence-electron chi connectivity index (χ0n) is 26.8. The van der Waals surface area contributed by atoms with Gasteiger partial charge in [-0.15, -0.1) is 0 Å². The van der Waals surface area contributed by atoms with Crippen molar-refractivity contribution in [3.05, 3.63) is 111 Å². The van der Waals surface area contributed by atoms with Gasteiger partial charge in [0, 0.05) is 50.8 Å². The Balaban J connectivity index is 1.12. The van der Waals surface area contributed by atoms with Crippen molar-refractivity contribution in [3.63, 3.8) is 0 Å². The number of aromatic hydroxyl groups is 1. The number of anilines is 1. The average Bonchev–Trinajstić information content (AvgIpc) is 3.58. The number of carbonyl (C=O) groups is 1. The van der Waals surface area contributed by atoms with Gasteiger partial charge in [-0.1, -0.05) is 24.3 Å². The molecule has 6 rings (SSSR count). The summed E-state index contributed by atoms with van der Waals surface area (Å²) in [4.78, 5) is 29.9. The van der Waals surface area contributed by atoms with Crippen LogP contribution in [0.4, 0.5) is 5.69 Å². The van der Waals surface area contributed by atoms with Crippen molar-refractivity contribution in [2.75, 3.05) is 58.5 Å². The van der Waals surface area contributed by atoms with E-state index in [1.807, 2.05) is 54.6 Å². The summed E-state index contributed by atoms with van der Waals surface area (Å²) in [5.41, 5.74) is 3.68. The first-order chi connectivity index (χ1) is 22.9. The van der Waals surface area contributed by atoms with Gasteiger partial charge in [0.15, 0.2) is 5.76 Å². The highest BCUT2D eigenvalue weighted by atomic mass is 16.5. The normalized spacial score (nSPS) is 15.1. The SMILES string of the molecule is COC(=O)C[C@@H](c1ccc(OCCc2ccc3c(c2)CCO3)cc1)c1oc(CN2CCN(c3ccc(OC)cc3)CC2)cc(=O)c1O. The first kappa shape index (κ1) is 32.0. The number of ether oxygens (including phenoxy) is 4.